The van der Waals surface area contributed by atoms with E-state index in [0.29, 0.717) is 0 Å². The topological polar surface area (TPSA) is 0 Å². The summed E-state index contributed by atoms with van der Waals surface area (Å²) in [5.74, 6) is 1.66. The maximum Gasteiger partial charge on any atom is 0.0220 e. The zero-order valence-electron chi connectivity index (χ0n) is 20.6. The Morgan fingerprint density at radius 3 is 1.52 bits per heavy atom. The Kier molecular flexibility index (Phi) is 7.25. The Morgan fingerprint density at radius 2 is 1.13 bits per heavy atom. The van der Waals surface area contributed by atoms with E-state index in [-0.39, 0.29) is 5.41 Å². The first-order chi connectivity index (χ1) is 15.2. The summed E-state index contributed by atoms with van der Waals surface area (Å²) in [6.45, 7) is 9.57. The molecule has 0 spiro atoms. The monoisotopic (exact) mass is 416 g/mol. The second-order valence-corrected chi connectivity index (χ2v) is 10.5. The van der Waals surface area contributed by atoms with Crippen molar-refractivity contribution in [2.45, 2.75) is 110 Å². The summed E-state index contributed by atoms with van der Waals surface area (Å²) in [4.78, 5) is 0. The molecule has 2 aliphatic carbocycles. The third-order valence-corrected chi connectivity index (χ3v) is 8.61. The summed E-state index contributed by atoms with van der Waals surface area (Å²) in [7, 11) is 0. The van der Waals surface area contributed by atoms with Crippen molar-refractivity contribution in [2.24, 2.45) is 11.8 Å². The van der Waals surface area contributed by atoms with Gasteiger partial charge in [0.05, 0.1) is 0 Å². The standard InChI is InChI=1S/C31H44/c1-5-9-13-23(7-3)21-31(22-24(8-4)14-10-6-2)27-17-11-15-25-19-20-26-16-12-18-28(31)30(26)29(25)27/h11-12,15-18,23-24H,5-10,13-14,19-22H2,1-4H3. The van der Waals surface area contributed by atoms with Crippen molar-refractivity contribution in [1.82, 2.24) is 0 Å². The molecule has 0 heterocycles. The molecular formula is C31H44. The zero-order chi connectivity index (χ0) is 21.8. The molecule has 0 heteroatoms. The molecule has 168 valence electrons. The summed E-state index contributed by atoms with van der Waals surface area (Å²) in [5, 5.41) is 0. The van der Waals surface area contributed by atoms with Crippen LogP contribution in [0.3, 0.4) is 0 Å². The molecule has 0 bridgehead atoms. The van der Waals surface area contributed by atoms with Gasteiger partial charge in [0.2, 0.25) is 0 Å². The molecule has 2 aromatic carbocycles. The molecule has 0 fully saturated rings. The van der Waals surface area contributed by atoms with Gasteiger partial charge >= 0.3 is 0 Å². The Bertz CT molecular complexity index is 800. The lowest BCUT2D eigenvalue weighted by Crippen LogP contribution is -2.31. The SMILES string of the molecule is CCCCC(CC)CC1(CC(CC)CCCC)c2cccc3c2-c2c(cccc21)CC3. The van der Waals surface area contributed by atoms with Crippen LogP contribution in [0.4, 0.5) is 0 Å². The van der Waals surface area contributed by atoms with E-state index in [0.717, 1.165) is 11.8 Å². The predicted molar refractivity (Wildman–Crippen MR) is 136 cm³/mol. The van der Waals surface area contributed by atoms with E-state index in [9.17, 15) is 0 Å². The number of hydrogen-bond donors (Lipinski definition) is 0. The molecule has 0 saturated carbocycles. The molecule has 0 N–H and O–H groups in total. The lowest BCUT2D eigenvalue weighted by Gasteiger charge is -2.38. The second kappa shape index (κ2) is 9.93. The van der Waals surface area contributed by atoms with E-state index in [4.69, 9.17) is 0 Å². The summed E-state index contributed by atoms with van der Waals surface area (Å²) in [5.41, 5.74) is 10.1. The van der Waals surface area contributed by atoms with Crippen LogP contribution < -0.4 is 0 Å². The summed E-state index contributed by atoms with van der Waals surface area (Å²) in [6, 6.07) is 14.6. The number of benzene rings is 2. The number of unbranched alkanes of at least 4 members (excludes halogenated alkanes) is 2. The fourth-order valence-corrected chi connectivity index (χ4v) is 6.81. The fourth-order valence-electron chi connectivity index (χ4n) is 6.81. The van der Waals surface area contributed by atoms with E-state index >= 15 is 0 Å². The molecule has 4 rings (SSSR count). The van der Waals surface area contributed by atoms with Gasteiger partial charge in [-0.05, 0) is 70.9 Å². The molecule has 2 unspecified atom stereocenters. The van der Waals surface area contributed by atoms with Crippen LogP contribution in [0.15, 0.2) is 36.4 Å². The van der Waals surface area contributed by atoms with Gasteiger partial charge in [-0.15, -0.1) is 0 Å². The summed E-state index contributed by atoms with van der Waals surface area (Å²) in [6.07, 6.45) is 15.9. The van der Waals surface area contributed by atoms with Gasteiger partial charge in [0.25, 0.3) is 0 Å². The largest absolute Gasteiger partial charge is 0.0654 e. The van der Waals surface area contributed by atoms with Crippen LogP contribution in [0.25, 0.3) is 11.1 Å². The third-order valence-electron chi connectivity index (χ3n) is 8.61. The number of aryl methyl sites for hydroxylation is 2. The maximum absolute atomic E-state index is 2.52. The molecule has 0 amide bonds. The molecule has 0 saturated heterocycles. The van der Waals surface area contributed by atoms with Gasteiger partial charge in [-0.1, -0.05) is 115 Å². The van der Waals surface area contributed by atoms with Gasteiger partial charge < -0.3 is 0 Å². The van der Waals surface area contributed by atoms with Crippen molar-refractivity contribution in [2.75, 3.05) is 0 Å². The normalized spacial score (nSPS) is 17.4. The van der Waals surface area contributed by atoms with Gasteiger partial charge in [0.1, 0.15) is 0 Å². The average molecular weight is 417 g/mol. The van der Waals surface area contributed by atoms with Crippen LogP contribution in [-0.2, 0) is 18.3 Å². The quantitative estimate of drug-likeness (QED) is 0.323. The molecule has 0 aromatic heterocycles. The van der Waals surface area contributed by atoms with Gasteiger partial charge in [-0.3, -0.25) is 0 Å². The highest BCUT2D eigenvalue weighted by Crippen LogP contribution is 2.59. The first-order valence-electron chi connectivity index (χ1n) is 13.4. The van der Waals surface area contributed by atoms with Crippen LogP contribution >= 0.6 is 0 Å². The average Bonchev–Trinajstić information content (AvgIpc) is 3.09. The molecule has 31 heavy (non-hydrogen) atoms. The van der Waals surface area contributed by atoms with Crippen LogP contribution in [0.2, 0.25) is 0 Å². The van der Waals surface area contributed by atoms with Gasteiger partial charge in [0.15, 0.2) is 0 Å². The van der Waals surface area contributed by atoms with E-state index in [1.807, 2.05) is 0 Å². The van der Waals surface area contributed by atoms with Crippen molar-refractivity contribution in [1.29, 1.82) is 0 Å². The fraction of sp³-hybridized carbons (Fsp3) is 0.613. The maximum atomic E-state index is 2.52. The Hall–Kier alpha value is -1.56. The highest BCUT2D eigenvalue weighted by Gasteiger charge is 2.47. The first-order valence-corrected chi connectivity index (χ1v) is 13.4. The van der Waals surface area contributed by atoms with Crippen LogP contribution in [0.5, 0.6) is 0 Å². The number of hydrogen-bond acceptors (Lipinski definition) is 0. The molecule has 0 radical (unpaired) electrons. The minimum absolute atomic E-state index is 0.226. The Morgan fingerprint density at radius 1 is 0.677 bits per heavy atom. The van der Waals surface area contributed by atoms with Crippen LogP contribution in [0, 0.1) is 11.8 Å². The highest BCUT2D eigenvalue weighted by atomic mass is 14.5. The van der Waals surface area contributed by atoms with Gasteiger partial charge in [-0.2, -0.15) is 0 Å². The molecule has 2 aliphatic rings. The molecular weight excluding hydrogens is 372 g/mol. The van der Waals surface area contributed by atoms with Gasteiger partial charge in [-0.25, -0.2) is 0 Å². The Labute approximate surface area is 191 Å². The zero-order valence-corrected chi connectivity index (χ0v) is 20.6. The summed E-state index contributed by atoms with van der Waals surface area (Å²) < 4.78 is 0. The van der Waals surface area contributed by atoms with Crippen molar-refractivity contribution in [3.63, 3.8) is 0 Å². The van der Waals surface area contributed by atoms with Crippen molar-refractivity contribution in [3.8, 4) is 11.1 Å². The van der Waals surface area contributed by atoms with E-state index < -0.39 is 0 Å². The molecule has 0 aliphatic heterocycles. The van der Waals surface area contributed by atoms with Crippen molar-refractivity contribution >= 4 is 0 Å². The molecule has 2 atom stereocenters. The lowest BCUT2D eigenvalue weighted by atomic mass is 9.65. The first kappa shape index (κ1) is 22.6. The molecule has 0 nitrogen and oxygen atoms in total. The van der Waals surface area contributed by atoms with Crippen molar-refractivity contribution in [3.05, 3.63) is 58.7 Å². The summed E-state index contributed by atoms with van der Waals surface area (Å²) >= 11 is 0. The van der Waals surface area contributed by atoms with Crippen LogP contribution in [-0.4, -0.2) is 0 Å². The van der Waals surface area contributed by atoms with E-state index in [1.165, 1.54) is 77.0 Å². The second-order valence-electron chi connectivity index (χ2n) is 10.5. The predicted octanol–water partition coefficient (Wildman–Crippen LogP) is 9.26. The lowest BCUT2D eigenvalue weighted by molar-refractivity contribution is 0.266. The van der Waals surface area contributed by atoms with Crippen LogP contribution in [0.1, 0.15) is 114 Å². The minimum atomic E-state index is 0.226. The highest BCUT2D eigenvalue weighted by molar-refractivity contribution is 5.87. The van der Waals surface area contributed by atoms with Crippen molar-refractivity contribution < 1.29 is 0 Å². The number of rotatable bonds is 12. The van der Waals surface area contributed by atoms with Gasteiger partial charge in [0, 0.05) is 5.41 Å². The van der Waals surface area contributed by atoms with E-state index in [2.05, 4.69) is 64.1 Å². The van der Waals surface area contributed by atoms with E-state index in [1.54, 1.807) is 33.4 Å². The smallest absolute Gasteiger partial charge is 0.0220 e. The third kappa shape index (κ3) is 4.12. The molecule has 2 aromatic rings. The Balaban J connectivity index is 1.85. The minimum Gasteiger partial charge on any atom is -0.0654 e.